The van der Waals surface area contributed by atoms with E-state index in [1.165, 1.54) is 6.20 Å². The molecule has 5 heteroatoms. The molecule has 1 fully saturated rings. The maximum absolute atomic E-state index is 11.2. The first kappa shape index (κ1) is 14.0. The zero-order valence-corrected chi connectivity index (χ0v) is 11.7. The highest BCUT2D eigenvalue weighted by Crippen LogP contribution is 2.17. The Hall–Kier alpha value is -1.46. The van der Waals surface area contributed by atoms with Crippen LogP contribution in [0.4, 0.5) is 0 Å². The summed E-state index contributed by atoms with van der Waals surface area (Å²) in [7, 11) is 2.14. The number of rotatable bonds is 3. The average Bonchev–Trinajstić information content (AvgIpc) is 2.36. The van der Waals surface area contributed by atoms with Gasteiger partial charge in [-0.3, -0.25) is 9.80 Å². The highest BCUT2D eigenvalue weighted by Gasteiger charge is 2.27. The van der Waals surface area contributed by atoms with Gasteiger partial charge in [0, 0.05) is 37.9 Å². The van der Waals surface area contributed by atoms with Crippen molar-refractivity contribution in [3.63, 3.8) is 0 Å². The molecule has 2 unspecified atom stereocenters. The number of aromatic nitrogens is 1. The van der Waals surface area contributed by atoms with Gasteiger partial charge in [0.2, 0.25) is 0 Å². The first-order valence-corrected chi connectivity index (χ1v) is 6.60. The Balaban J connectivity index is 2.12. The van der Waals surface area contributed by atoms with Crippen LogP contribution in [0.2, 0.25) is 0 Å². The van der Waals surface area contributed by atoms with Crippen LogP contribution in [0.15, 0.2) is 18.3 Å². The summed E-state index contributed by atoms with van der Waals surface area (Å²) < 4.78 is 0. The molecule has 1 aromatic rings. The second-order valence-corrected chi connectivity index (χ2v) is 5.37. The van der Waals surface area contributed by atoms with Crippen LogP contribution in [0.3, 0.4) is 0 Å². The summed E-state index contributed by atoms with van der Waals surface area (Å²) in [5, 5.41) is 9.15. The van der Waals surface area contributed by atoms with Crippen LogP contribution in [0.1, 0.15) is 29.9 Å². The Bertz CT molecular complexity index is 452. The monoisotopic (exact) mass is 263 g/mol. The Labute approximate surface area is 113 Å². The minimum atomic E-state index is -0.953. The number of nitrogens with zero attached hydrogens (tertiary/aromatic N) is 3. The maximum Gasteiger partial charge on any atom is 0.354 e. The van der Waals surface area contributed by atoms with Crippen molar-refractivity contribution in [3.8, 4) is 0 Å². The van der Waals surface area contributed by atoms with Crippen molar-refractivity contribution in [2.75, 3.05) is 20.1 Å². The summed E-state index contributed by atoms with van der Waals surface area (Å²) in [6, 6.07) is 4.61. The Kier molecular flexibility index (Phi) is 4.17. The van der Waals surface area contributed by atoms with Gasteiger partial charge in [0.25, 0.3) is 0 Å². The van der Waals surface area contributed by atoms with Crippen LogP contribution in [0.5, 0.6) is 0 Å². The van der Waals surface area contributed by atoms with Crippen LogP contribution in [-0.2, 0) is 6.54 Å². The lowest BCUT2D eigenvalue weighted by Crippen LogP contribution is -2.54. The standard InChI is InChI=1S/C14H21N3O2/c1-10-7-17(8-11(2)16(10)3)9-12-5-4-6-15-13(12)14(18)19/h4-6,10-11H,7-9H2,1-3H3,(H,18,19). The molecule has 2 heterocycles. The largest absolute Gasteiger partial charge is 0.477 e. The third-order valence-corrected chi connectivity index (χ3v) is 3.92. The van der Waals surface area contributed by atoms with Gasteiger partial charge in [-0.2, -0.15) is 0 Å². The van der Waals surface area contributed by atoms with Crippen LogP contribution in [-0.4, -0.2) is 58.1 Å². The molecule has 1 aromatic heterocycles. The van der Waals surface area contributed by atoms with Gasteiger partial charge in [0.1, 0.15) is 0 Å². The Morgan fingerprint density at radius 2 is 2.05 bits per heavy atom. The molecule has 1 saturated heterocycles. The maximum atomic E-state index is 11.2. The average molecular weight is 263 g/mol. The van der Waals surface area contributed by atoms with Crippen LogP contribution < -0.4 is 0 Å². The minimum Gasteiger partial charge on any atom is -0.477 e. The van der Waals surface area contributed by atoms with Crippen molar-refractivity contribution < 1.29 is 9.90 Å². The summed E-state index contributed by atoms with van der Waals surface area (Å²) in [5.74, 6) is -0.953. The summed E-state index contributed by atoms with van der Waals surface area (Å²) in [4.78, 5) is 19.8. The number of hydrogen-bond acceptors (Lipinski definition) is 4. The second kappa shape index (κ2) is 5.67. The molecule has 0 bridgehead atoms. The highest BCUT2D eigenvalue weighted by atomic mass is 16.4. The van der Waals surface area contributed by atoms with Crippen molar-refractivity contribution in [2.24, 2.45) is 0 Å². The number of likely N-dealkylation sites (N-methyl/N-ethyl adjacent to an activating group) is 1. The van der Waals surface area contributed by atoms with Gasteiger partial charge in [-0.25, -0.2) is 9.78 Å². The lowest BCUT2D eigenvalue weighted by atomic mass is 10.1. The molecule has 2 atom stereocenters. The van der Waals surface area contributed by atoms with E-state index in [1.54, 1.807) is 6.07 Å². The molecule has 0 radical (unpaired) electrons. The number of carboxylic acid groups (broad SMARTS) is 1. The molecule has 0 aliphatic carbocycles. The number of carboxylic acids is 1. The van der Waals surface area contributed by atoms with E-state index in [-0.39, 0.29) is 5.69 Å². The fraction of sp³-hybridized carbons (Fsp3) is 0.571. The topological polar surface area (TPSA) is 56.7 Å². The zero-order valence-electron chi connectivity index (χ0n) is 11.7. The third kappa shape index (κ3) is 3.11. The zero-order chi connectivity index (χ0) is 14.0. The Morgan fingerprint density at radius 1 is 1.42 bits per heavy atom. The van der Waals surface area contributed by atoms with Gasteiger partial charge >= 0.3 is 5.97 Å². The van der Waals surface area contributed by atoms with Gasteiger partial charge in [0.05, 0.1) is 0 Å². The normalized spacial score (nSPS) is 25.4. The Morgan fingerprint density at radius 3 is 2.63 bits per heavy atom. The van der Waals surface area contributed by atoms with Crippen LogP contribution >= 0.6 is 0 Å². The number of piperazine rings is 1. The van der Waals surface area contributed by atoms with E-state index in [2.05, 4.69) is 35.7 Å². The summed E-state index contributed by atoms with van der Waals surface area (Å²) >= 11 is 0. The molecule has 1 aliphatic heterocycles. The molecule has 5 nitrogen and oxygen atoms in total. The molecule has 0 aromatic carbocycles. The fourth-order valence-corrected chi connectivity index (χ4v) is 2.64. The lowest BCUT2D eigenvalue weighted by molar-refractivity contribution is 0.0546. The van der Waals surface area contributed by atoms with Crippen molar-refractivity contribution in [1.29, 1.82) is 0 Å². The second-order valence-electron chi connectivity index (χ2n) is 5.37. The molecule has 1 N–H and O–H groups in total. The van der Waals surface area contributed by atoms with Crippen molar-refractivity contribution in [2.45, 2.75) is 32.5 Å². The number of carbonyl (C=O) groups is 1. The van der Waals surface area contributed by atoms with E-state index in [4.69, 9.17) is 5.11 Å². The lowest BCUT2D eigenvalue weighted by Gasteiger charge is -2.42. The van der Waals surface area contributed by atoms with Crippen molar-refractivity contribution >= 4 is 5.97 Å². The summed E-state index contributed by atoms with van der Waals surface area (Å²) in [6.45, 7) is 6.95. The quantitative estimate of drug-likeness (QED) is 0.891. The molecular weight excluding hydrogens is 242 g/mol. The van der Waals surface area contributed by atoms with Crippen molar-refractivity contribution in [1.82, 2.24) is 14.8 Å². The molecule has 0 spiro atoms. The number of aromatic carboxylic acids is 1. The smallest absolute Gasteiger partial charge is 0.354 e. The SMILES string of the molecule is CC1CN(Cc2cccnc2C(=O)O)CC(C)N1C. The molecule has 1 aliphatic rings. The predicted molar refractivity (Wildman–Crippen MR) is 73.2 cm³/mol. The van der Waals surface area contributed by atoms with Crippen LogP contribution in [0.25, 0.3) is 0 Å². The highest BCUT2D eigenvalue weighted by molar-refractivity contribution is 5.86. The van der Waals surface area contributed by atoms with Gasteiger partial charge < -0.3 is 5.11 Å². The van der Waals surface area contributed by atoms with Gasteiger partial charge in [-0.1, -0.05) is 6.07 Å². The summed E-state index contributed by atoms with van der Waals surface area (Å²) in [5.41, 5.74) is 0.959. The van der Waals surface area contributed by atoms with Gasteiger partial charge in [-0.15, -0.1) is 0 Å². The molecular formula is C14H21N3O2. The van der Waals surface area contributed by atoms with E-state index in [0.29, 0.717) is 18.6 Å². The minimum absolute atomic E-state index is 0.168. The third-order valence-electron chi connectivity index (χ3n) is 3.92. The van der Waals surface area contributed by atoms with E-state index in [1.807, 2.05) is 6.07 Å². The van der Waals surface area contributed by atoms with Crippen LogP contribution in [0, 0.1) is 0 Å². The summed E-state index contributed by atoms with van der Waals surface area (Å²) in [6.07, 6.45) is 1.53. The van der Waals surface area contributed by atoms with E-state index >= 15 is 0 Å². The molecule has 0 amide bonds. The van der Waals surface area contributed by atoms with Gasteiger partial charge in [-0.05, 0) is 32.5 Å². The fourth-order valence-electron chi connectivity index (χ4n) is 2.64. The molecule has 0 saturated carbocycles. The van der Waals surface area contributed by atoms with Gasteiger partial charge in [0.15, 0.2) is 5.69 Å². The number of hydrogen-bond donors (Lipinski definition) is 1. The number of pyridine rings is 1. The van der Waals surface area contributed by atoms with E-state index in [9.17, 15) is 4.79 Å². The van der Waals surface area contributed by atoms with Crippen molar-refractivity contribution in [3.05, 3.63) is 29.6 Å². The van der Waals surface area contributed by atoms with E-state index in [0.717, 1.165) is 18.7 Å². The molecule has 104 valence electrons. The molecule has 2 rings (SSSR count). The van der Waals surface area contributed by atoms with E-state index < -0.39 is 5.97 Å². The predicted octanol–water partition coefficient (Wildman–Crippen LogP) is 1.30. The first-order chi connectivity index (χ1) is 8.99. The first-order valence-electron chi connectivity index (χ1n) is 6.60. The molecule has 19 heavy (non-hydrogen) atoms.